The molecule has 1 unspecified atom stereocenters. The van der Waals surface area contributed by atoms with Crippen molar-refractivity contribution in [3.8, 4) is 11.5 Å². The van der Waals surface area contributed by atoms with Gasteiger partial charge in [-0.15, -0.1) is 0 Å². The Balaban J connectivity index is 2.17. The van der Waals surface area contributed by atoms with Crippen molar-refractivity contribution in [1.29, 1.82) is 0 Å². The van der Waals surface area contributed by atoms with E-state index in [9.17, 15) is 0 Å². The van der Waals surface area contributed by atoms with Crippen molar-refractivity contribution in [1.82, 2.24) is 5.32 Å². The molecule has 0 radical (unpaired) electrons. The van der Waals surface area contributed by atoms with Crippen LogP contribution < -0.4 is 10.1 Å². The Morgan fingerprint density at radius 2 is 1.75 bits per heavy atom. The molecule has 106 valence electrons. The maximum absolute atomic E-state index is 6.03. The van der Waals surface area contributed by atoms with Gasteiger partial charge >= 0.3 is 0 Å². The second-order valence-corrected chi connectivity index (χ2v) is 5.04. The van der Waals surface area contributed by atoms with Crippen LogP contribution in [0.4, 0.5) is 0 Å². The molecule has 0 aliphatic heterocycles. The molecule has 0 fully saturated rings. The van der Waals surface area contributed by atoms with Gasteiger partial charge in [0.25, 0.3) is 0 Å². The number of aryl methyl sites for hydroxylation is 1. The standard InChI is InChI=1S/C18H23NO/c1-4-7-15-10-12-16(13-11-15)20-18-9-6-5-8-17(18)14(2)19-3/h5-6,8-14,19H,4,7H2,1-3H3. The van der Waals surface area contributed by atoms with Crippen LogP contribution in [0.15, 0.2) is 48.5 Å². The summed E-state index contributed by atoms with van der Waals surface area (Å²) in [6.07, 6.45) is 2.29. The molecule has 0 amide bonds. The first-order valence-electron chi connectivity index (χ1n) is 7.27. The van der Waals surface area contributed by atoms with Crippen LogP contribution in [0.2, 0.25) is 0 Å². The summed E-state index contributed by atoms with van der Waals surface area (Å²) in [6, 6.07) is 16.8. The first kappa shape index (κ1) is 14.6. The van der Waals surface area contributed by atoms with E-state index in [4.69, 9.17) is 4.74 Å². The lowest BCUT2D eigenvalue weighted by atomic mass is 10.1. The predicted octanol–water partition coefficient (Wildman–Crippen LogP) is 4.71. The van der Waals surface area contributed by atoms with Gasteiger partial charge in [0.05, 0.1) is 0 Å². The molecule has 0 aromatic heterocycles. The minimum atomic E-state index is 0.269. The smallest absolute Gasteiger partial charge is 0.132 e. The Labute approximate surface area is 121 Å². The van der Waals surface area contributed by atoms with Gasteiger partial charge in [0, 0.05) is 11.6 Å². The topological polar surface area (TPSA) is 21.3 Å². The third-order valence-corrected chi connectivity index (χ3v) is 3.51. The average molecular weight is 269 g/mol. The highest BCUT2D eigenvalue weighted by Crippen LogP contribution is 2.29. The van der Waals surface area contributed by atoms with E-state index in [0.717, 1.165) is 17.9 Å². The molecule has 2 aromatic rings. The van der Waals surface area contributed by atoms with Gasteiger partial charge in [0.2, 0.25) is 0 Å². The first-order valence-corrected chi connectivity index (χ1v) is 7.27. The van der Waals surface area contributed by atoms with Crippen molar-refractivity contribution in [2.75, 3.05) is 7.05 Å². The molecule has 1 N–H and O–H groups in total. The fourth-order valence-corrected chi connectivity index (χ4v) is 2.23. The average Bonchev–Trinajstić information content (AvgIpc) is 2.49. The van der Waals surface area contributed by atoms with E-state index in [2.05, 4.69) is 37.4 Å². The van der Waals surface area contributed by atoms with Crippen LogP contribution >= 0.6 is 0 Å². The van der Waals surface area contributed by atoms with E-state index in [1.54, 1.807) is 0 Å². The molecular formula is C18H23NO. The Morgan fingerprint density at radius 3 is 2.40 bits per heavy atom. The summed E-state index contributed by atoms with van der Waals surface area (Å²) < 4.78 is 6.03. The van der Waals surface area contributed by atoms with Crippen LogP contribution in [0.25, 0.3) is 0 Å². The summed E-state index contributed by atoms with van der Waals surface area (Å²) in [5, 5.41) is 3.25. The Bertz CT molecular complexity index is 533. The molecule has 2 heteroatoms. The second kappa shape index (κ2) is 7.11. The summed E-state index contributed by atoms with van der Waals surface area (Å²) in [5.74, 6) is 1.80. The number of benzene rings is 2. The van der Waals surface area contributed by atoms with Gasteiger partial charge < -0.3 is 10.1 Å². The van der Waals surface area contributed by atoms with E-state index in [-0.39, 0.29) is 6.04 Å². The van der Waals surface area contributed by atoms with E-state index in [0.29, 0.717) is 0 Å². The van der Waals surface area contributed by atoms with Crippen LogP contribution in [0.5, 0.6) is 11.5 Å². The molecule has 0 spiro atoms. The van der Waals surface area contributed by atoms with Gasteiger partial charge in [0.15, 0.2) is 0 Å². The Hall–Kier alpha value is -1.80. The molecule has 20 heavy (non-hydrogen) atoms. The van der Waals surface area contributed by atoms with Crippen LogP contribution in [0.1, 0.15) is 37.4 Å². The zero-order valence-electron chi connectivity index (χ0n) is 12.5. The molecule has 2 rings (SSSR count). The number of ether oxygens (including phenoxy) is 1. The van der Waals surface area contributed by atoms with Crippen LogP contribution in [-0.2, 0) is 6.42 Å². The number of rotatable bonds is 6. The van der Waals surface area contributed by atoms with Crippen molar-refractivity contribution < 1.29 is 4.74 Å². The highest BCUT2D eigenvalue weighted by atomic mass is 16.5. The third-order valence-electron chi connectivity index (χ3n) is 3.51. The maximum Gasteiger partial charge on any atom is 0.132 e. The molecule has 2 nitrogen and oxygen atoms in total. The molecule has 0 bridgehead atoms. The summed E-state index contributed by atoms with van der Waals surface area (Å²) >= 11 is 0. The van der Waals surface area contributed by atoms with Gasteiger partial charge in [-0.2, -0.15) is 0 Å². The summed E-state index contributed by atoms with van der Waals surface area (Å²) in [6.45, 7) is 4.33. The lowest BCUT2D eigenvalue weighted by molar-refractivity contribution is 0.466. The lowest BCUT2D eigenvalue weighted by Crippen LogP contribution is -2.13. The highest BCUT2D eigenvalue weighted by Gasteiger charge is 2.09. The molecule has 1 atom stereocenters. The van der Waals surface area contributed by atoms with Crippen LogP contribution in [-0.4, -0.2) is 7.05 Å². The summed E-state index contributed by atoms with van der Waals surface area (Å²) in [5.41, 5.74) is 2.53. The van der Waals surface area contributed by atoms with Crippen LogP contribution in [0.3, 0.4) is 0 Å². The summed E-state index contributed by atoms with van der Waals surface area (Å²) in [4.78, 5) is 0. The first-order chi connectivity index (χ1) is 9.74. The molecular weight excluding hydrogens is 246 g/mol. The normalized spacial score (nSPS) is 12.2. The van der Waals surface area contributed by atoms with E-state index in [1.807, 2.05) is 37.4 Å². The number of nitrogens with one attached hydrogen (secondary N) is 1. The molecule has 0 saturated heterocycles. The van der Waals surface area contributed by atoms with E-state index < -0.39 is 0 Å². The zero-order valence-corrected chi connectivity index (χ0v) is 12.5. The number of hydrogen-bond acceptors (Lipinski definition) is 2. The number of hydrogen-bond donors (Lipinski definition) is 1. The van der Waals surface area contributed by atoms with Gasteiger partial charge in [0.1, 0.15) is 11.5 Å². The molecule has 0 heterocycles. The molecule has 0 saturated carbocycles. The zero-order chi connectivity index (χ0) is 14.4. The van der Waals surface area contributed by atoms with E-state index in [1.165, 1.54) is 17.5 Å². The van der Waals surface area contributed by atoms with Gasteiger partial charge in [-0.05, 0) is 44.2 Å². The Morgan fingerprint density at radius 1 is 1.05 bits per heavy atom. The van der Waals surface area contributed by atoms with E-state index >= 15 is 0 Å². The molecule has 0 aliphatic carbocycles. The fraction of sp³-hybridized carbons (Fsp3) is 0.333. The third kappa shape index (κ3) is 3.61. The monoisotopic (exact) mass is 269 g/mol. The highest BCUT2D eigenvalue weighted by molar-refractivity contribution is 5.40. The lowest BCUT2D eigenvalue weighted by Gasteiger charge is -2.16. The summed E-state index contributed by atoms with van der Waals surface area (Å²) in [7, 11) is 1.96. The maximum atomic E-state index is 6.03. The fourth-order valence-electron chi connectivity index (χ4n) is 2.23. The van der Waals surface area contributed by atoms with Gasteiger partial charge in [-0.25, -0.2) is 0 Å². The van der Waals surface area contributed by atoms with Crippen molar-refractivity contribution >= 4 is 0 Å². The SMILES string of the molecule is CCCc1ccc(Oc2ccccc2C(C)NC)cc1. The number of para-hydroxylation sites is 1. The van der Waals surface area contributed by atoms with Crippen molar-refractivity contribution in [2.45, 2.75) is 32.7 Å². The predicted molar refractivity (Wildman–Crippen MR) is 84.4 cm³/mol. The quantitative estimate of drug-likeness (QED) is 0.820. The Kier molecular flexibility index (Phi) is 5.19. The largest absolute Gasteiger partial charge is 0.457 e. The van der Waals surface area contributed by atoms with Crippen molar-refractivity contribution in [3.05, 3.63) is 59.7 Å². The minimum absolute atomic E-state index is 0.269. The van der Waals surface area contributed by atoms with Crippen LogP contribution in [0, 0.1) is 0 Å². The minimum Gasteiger partial charge on any atom is -0.457 e. The molecule has 2 aromatic carbocycles. The van der Waals surface area contributed by atoms with Gasteiger partial charge in [-0.3, -0.25) is 0 Å². The van der Waals surface area contributed by atoms with Crippen molar-refractivity contribution in [3.63, 3.8) is 0 Å². The second-order valence-electron chi connectivity index (χ2n) is 5.04. The van der Waals surface area contributed by atoms with Crippen molar-refractivity contribution in [2.24, 2.45) is 0 Å². The van der Waals surface area contributed by atoms with Gasteiger partial charge in [-0.1, -0.05) is 43.7 Å². The molecule has 0 aliphatic rings.